The van der Waals surface area contributed by atoms with E-state index in [0.29, 0.717) is 11.8 Å². The summed E-state index contributed by atoms with van der Waals surface area (Å²) in [5, 5.41) is 2.94. The Morgan fingerprint density at radius 3 is 2.52 bits per heavy atom. The van der Waals surface area contributed by atoms with Gasteiger partial charge in [0, 0.05) is 32.2 Å². The molecule has 2 fully saturated rings. The van der Waals surface area contributed by atoms with Crippen molar-refractivity contribution in [2.24, 2.45) is 11.8 Å². The number of piperidine rings is 1. The highest BCUT2D eigenvalue weighted by atomic mass is 16.6. The maximum absolute atomic E-state index is 12.2. The molecule has 172 valence electrons. The van der Waals surface area contributed by atoms with Crippen LogP contribution in [0.5, 0.6) is 0 Å². The highest BCUT2D eigenvalue weighted by molar-refractivity contribution is 5.69. The molecule has 2 aliphatic rings. The number of ether oxygens (including phenoxy) is 2. The SMILES string of the molecule is CC(CN1CCC[C@H](C2CN(C(=O)OC(C)(C)C)C2)C1)NC(=O)OCc1ccccc1. The fourth-order valence-corrected chi connectivity index (χ4v) is 4.33. The smallest absolute Gasteiger partial charge is 0.410 e. The van der Waals surface area contributed by atoms with E-state index in [9.17, 15) is 9.59 Å². The summed E-state index contributed by atoms with van der Waals surface area (Å²) in [6.07, 6.45) is 1.77. The molecule has 0 radical (unpaired) electrons. The maximum atomic E-state index is 12.2. The molecular formula is C24H37N3O4. The van der Waals surface area contributed by atoms with Crippen LogP contribution < -0.4 is 5.32 Å². The minimum Gasteiger partial charge on any atom is -0.445 e. The Kier molecular flexibility index (Phi) is 7.81. The van der Waals surface area contributed by atoms with Gasteiger partial charge in [-0.15, -0.1) is 0 Å². The molecule has 0 bridgehead atoms. The molecule has 1 aromatic rings. The summed E-state index contributed by atoms with van der Waals surface area (Å²) in [5.74, 6) is 1.12. The van der Waals surface area contributed by atoms with Gasteiger partial charge in [0.1, 0.15) is 12.2 Å². The maximum Gasteiger partial charge on any atom is 0.410 e. The van der Waals surface area contributed by atoms with Crippen LogP contribution in [0.2, 0.25) is 0 Å². The van der Waals surface area contributed by atoms with Crippen LogP contribution in [0.4, 0.5) is 9.59 Å². The first-order chi connectivity index (χ1) is 14.7. The number of carbonyl (C=O) groups is 2. The first-order valence-corrected chi connectivity index (χ1v) is 11.4. The molecule has 1 aromatic carbocycles. The number of alkyl carbamates (subject to hydrolysis) is 1. The van der Waals surface area contributed by atoms with Gasteiger partial charge in [-0.05, 0) is 64.5 Å². The summed E-state index contributed by atoms with van der Waals surface area (Å²) < 4.78 is 10.8. The average Bonchev–Trinajstić information content (AvgIpc) is 2.65. The van der Waals surface area contributed by atoms with Crippen LogP contribution in [-0.4, -0.2) is 66.4 Å². The Morgan fingerprint density at radius 2 is 1.84 bits per heavy atom. The molecule has 2 atom stereocenters. The topological polar surface area (TPSA) is 71.1 Å². The zero-order valence-electron chi connectivity index (χ0n) is 19.3. The fraction of sp³-hybridized carbons (Fsp3) is 0.667. The molecule has 0 spiro atoms. The van der Waals surface area contributed by atoms with Gasteiger partial charge in [-0.2, -0.15) is 0 Å². The third kappa shape index (κ3) is 7.42. The number of hydrogen-bond donors (Lipinski definition) is 1. The van der Waals surface area contributed by atoms with E-state index in [1.807, 2.05) is 62.9 Å². The fourth-order valence-electron chi connectivity index (χ4n) is 4.33. The number of amides is 2. The monoisotopic (exact) mass is 431 g/mol. The van der Waals surface area contributed by atoms with Crippen molar-refractivity contribution in [2.75, 3.05) is 32.7 Å². The summed E-state index contributed by atoms with van der Waals surface area (Å²) in [5.41, 5.74) is 0.528. The van der Waals surface area contributed by atoms with E-state index >= 15 is 0 Å². The number of nitrogens with zero attached hydrogens (tertiary/aromatic N) is 2. The molecule has 31 heavy (non-hydrogen) atoms. The lowest BCUT2D eigenvalue weighted by Crippen LogP contribution is -2.56. The van der Waals surface area contributed by atoms with Crippen LogP contribution in [0, 0.1) is 11.8 Å². The number of benzene rings is 1. The van der Waals surface area contributed by atoms with Crippen molar-refractivity contribution in [1.82, 2.24) is 15.1 Å². The standard InChI is InChI=1S/C24H37N3O4/c1-18(25-22(28)30-17-19-9-6-5-7-10-19)13-26-12-8-11-20(14-26)21-15-27(16-21)23(29)31-24(2,3)4/h5-7,9-10,18,20-21H,8,11-17H2,1-4H3,(H,25,28)/t18?,20-/m0/s1. The van der Waals surface area contributed by atoms with Gasteiger partial charge in [0.2, 0.25) is 0 Å². The zero-order valence-corrected chi connectivity index (χ0v) is 19.3. The Bertz CT molecular complexity index is 728. The summed E-state index contributed by atoms with van der Waals surface area (Å²) >= 11 is 0. The van der Waals surface area contributed by atoms with Gasteiger partial charge in [0.05, 0.1) is 0 Å². The second kappa shape index (κ2) is 10.4. The third-order valence-electron chi connectivity index (χ3n) is 5.88. The molecular weight excluding hydrogens is 394 g/mol. The molecule has 2 saturated heterocycles. The zero-order chi connectivity index (χ0) is 22.4. The number of rotatable bonds is 6. The van der Waals surface area contributed by atoms with Gasteiger partial charge in [-0.25, -0.2) is 9.59 Å². The van der Waals surface area contributed by atoms with Crippen LogP contribution in [-0.2, 0) is 16.1 Å². The largest absolute Gasteiger partial charge is 0.445 e. The lowest BCUT2D eigenvalue weighted by atomic mass is 9.80. The minimum absolute atomic E-state index is 0.0154. The van der Waals surface area contributed by atoms with Gasteiger partial charge < -0.3 is 24.6 Å². The Morgan fingerprint density at radius 1 is 1.13 bits per heavy atom. The van der Waals surface area contributed by atoms with Crippen molar-refractivity contribution in [3.8, 4) is 0 Å². The Labute approximate surface area is 186 Å². The Hall–Kier alpha value is -2.28. The van der Waals surface area contributed by atoms with Gasteiger partial charge in [-0.3, -0.25) is 0 Å². The lowest BCUT2D eigenvalue weighted by molar-refractivity contribution is -0.0199. The molecule has 3 rings (SSSR count). The molecule has 2 aliphatic heterocycles. The molecule has 2 amide bonds. The lowest BCUT2D eigenvalue weighted by Gasteiger charge is -2.46. The predicted molar refractivity (Wildman–Crippen MR) is 120 cm³/mol. The van der Waals surface area contributed by atoms with Crippen LogP contribution >= 0.6 is 0 Å². The molecule has 7 nitrogen and oxygen atoms in total. The van der Waals surface area contributed by atoms with E-state index in [1.165, 1.54) is 6.42 Å². The molecule has 1 unspecified atom stereocenters. The van der Waals surface area contributed by atoms with Crippen LogP contribution in [0.1, 0.15) is 46.1 Å². The van der Waals surface area contributed by atoms with Gasteiger partial charge in [-0.1, -0.05) is 30.3 Å². The van der Waals surface area contributed by atoms with E-state index in [-0.39, 0.29) is 24.8 Å². The minimum atomic E-state index is -0.449. The van der Waals surface area contributed by atoms with E-state index in [1.54, 1.807) is 0 Å². The number of nitrogens with one attached hydrogen (secondary N) is 1. The highest BCUT2D eigenvalue weighted by Gasteiger charge is 2.39. The third-order valence-corrected chi connectivity index (χ3v) is 5.88. The van der Waals surface area contributed by atoms with E-state index in [0.717, 1.165) is 44.7 Å². The van der Waals surface area contributed by atoms with Crippen molar-refractivity contribution in [3.63, 3.8) is 0 Å². The molecule has 7 heteroatoms. The first-order valence-electron chi connectivity index (χ1n) is 11.4. The van der Waals surface area contributed by atoms with Crippen molar-refractivity contribution in [3.05, 3.63) is 35.9 Å². The molecule has 1 N–H and O–H groups in total. The van der Waals surface area contributed by atoms with Crippen LogP contribution in [0.3, 0.4) is 0 Å². The number of likely N-dealkylation sites (tertiary alicyclic amines) is 2. The second-order valence-corrected chi connectivity index (χ2v) is 9.91. The van der Waals surface area contributed by atoms with E-state index in [2.05, 4.69) is 10.2 Å². The summed E-state index contributed by atoms with van der Waals surface area (Å²) in [7, 11) is 0. The molecule has 0 aliphatic carbocycles. The van der Waals surface area contributed by atoms with Crippen LogP contribution in [0.15, 0.2) is 30.3 Å². The van der Waals surface area contributed by atoms with Crippen molar-refractivity contribution in [1.29, 1.82) is 0 Å². The quantitative estimate of drug-likeness (QED) is 0.740. The number of carbonyl (C=O) groups excluding carboxylic acids is 2. The second-order valence-electron chi connectivity index (χ2n) is 9.91. The predicted octanol–water partition coefficient (Wildman–Crippen LogP) is 3.88. The van der Waals surface area contributed by atoms with Gasteiger partial charge in [0.15, 0.2) is 0 Å². The molecule has 0 aromatic heterocycles. The number of hydrogen-bond acceptors (Lipinski definition) is 5. The molecule has 2 heterocycles. The van der Waals surface area contributed by atoms with Crippen molar-refractivity contribution >= 4 is 12.2 Å². The normalized spacial score (nSPS) is 21.2. The van der Waals surface area contributed by atoms with Gasteiger partial charge in [0.25, 0.3) is 0 Å². The Balaban J connectivity index is 1.36. The highest BCUT2D eigenvalue weighted by Crippen LogP contribution is 2.31. The van der Waals surface area contributed by atoms with Crippen molar-refractivity contribution in [2.45, 2.75) is 58.8 Å². The summed E-state index contributed by atoms with van der Waals surface area (Å²) in [6, 6.07) is 9.70. The van der Waals surface area contributed by atoms with E-state index < -0.39 is 5.60 Å². The van der Waals surface area contributed by atoms with Gasteiger partial charge >= 0.3 is 12.2 Å². The van der Waals surface area contributed by atoms with E-state index in [4.69, 9.17) is 9.47 Å². The van der Waals surface area contributed by atoms with Crippen LogP contribution in [0.25, 0.3) is 0 Å². The summed E-state index contributed by atoms with van der Waals surface area (Å²) in [4.78, 5) is 28.5. The van der Waals surface area contributed by atoms with Crippen molar-refractivity contribution < 1.29 is 19.1 Å². The first kappa shape index (κ1) is 23.4. The average molecular weight is 432 g/mol. The summed E-state index contributed by atoms with van der Waals surface area (Å²) in [6.45, 7) is 12.4. The molecule has 0 saturated carbocycles.